The third kappa shape index (κ3) is 1.95. The Morgan fingerprint density at radius 2 is 2.12 bits per heavy atom. The van der Waals surface area contributed by atoms with Crippen LogP contribution in [-0.4, -0.2) is 10.2 Å². The van der Waals surface area contributed by atoms with Crippen LogP contribution in [0.25, 0.3) is 11.5 Å². The molecule has 0 aliphatic heterocycles. The molecule has 1 heterocycles. The molecule has 0 spiro atoms. The summed E-state index contributed by atoms with van der Waals surface area (Å²) in [7, 11) is 0. The molecule has 0 amide bonds. The number of anilines is 1. The lowest BCUT2D eigenvalue weighted by molar-refractivity contribution is 0.508. The summed E-state index contributed by atoms with van der Waals surface area (Å²) in [5.41, 5.74) is 8.51. The second kappa shape index (κ2) is 3.84. The number of hydrogen-bond donors (Lipinski definition) is 1. The summed E-state index contributed by atoms with van der Waals surface area (Å²) in [6, 6.07) is 3.83. The predicted octanol–water partition coefficient (Wildman–Crippen LogP) is 3.27. The molecule has 1 aromatic heterocycles. The Balaban J connectivity index is 2.07. The van der Waals surface area contributed by atoms with E-state index in [4.69, 9.17) is 10.2 Å². The van der Waals surface area contributed by atoms with E-state index in [1.807, 2.05) is 19.1 Å². The van der Waals surface area contributed by atoms with E-state index in [9.17, 15) is 0 Å². The molecule has 88 valence electrons. The van der Waals surface area contributed by atoms with Crippen LogP contribution in [0, 0.1) is 6.92 Å². The molecule has 5 heteroatoms. The van der Waals surface area contributed by atoms with Crippen molar-refractivity contribution in [2.75, 3.05) is 5.73 Å². The van der Waals surface area contributed by atoms with Crippen molar-refractivity contribution in [1.82, 2.24) is 10.2 Å². The molecule has 2 aromatic rings. The minimum Gasteiger partial charge on any atom is -0.420 e. The van der Waals surface area contributed by atoms with Gasteiger partial charge in [0.25, 0.3) is 0 Å². The molecule has 0 saturated heterocycles. The van der Waals surface area contributed by atoms with Crippen molar-refractivity contribution in [2.24, 2.45) is 0 Å². The van der Waals surface area contributed by atoms with Crippen LogP contribution in [0.4, 0.5) is 5.69 Å². The molecule has 0 unspecified atom stereocenters. The number of hydrogen-bond acceptors (Lipinski definition) is 4. The quantitative estimate of drug-likeness (QED) is 0.863. The van der Waals surface area contributed by atoms with E-state index in [0.29, 0.717) is 11.8 Å². The van der Waals surface area contributed by atoms with Crippen molar-refractivity contribution in [3.8, 4) is 11.5 Å². The number of nitrogen functional groups attached to an aromatic ring is 1. The molecule has 0 radical (unpaired) electrons. The van der Waals surface area contributed by atoms with Crippen molar-refractivity contribution in [3.05, 3.63) is 28.1 Å². The number of benzene rings is 1. The van der Waals surface area contributed by atoms with Crippen LogP contribution >= 0.6 is 15.9 Å². The first-order valence-electron chi connectivity index (χ1n) is 5.54. The second-order valence-corrected chi connectivity index (χ2v) is 5.30. The summed E-state index contributed by atoms with van der Waals surface area (Å²) in [4.78, 5) is 0. The van der Waals surface area contributed by atoms with Crippen LogP contribution < -0.4 is 5.73 Å². The number of nitrogens with two attached hydrogens (primary N) is 1. The zero-order valence-corrected chi connectivity index (χ0v) is 11.0. The van der Waals surface area contributed by atoms with Crippen molar-refractivity contribution in [1.29, 1.82) is 0 Å². The van der Waals surface area contributed by atoms with Gasteiger partial charge in [-0.25, -0.2) is 0 Å². The van der Waals surface area contributed by atoms with Gasteiger partial charge in [0.2, 0.25) is 11.8 Å². The minimum atomic E-state index is 0.473. The Bertz CT molecular complexity index is 575. The fourth-order valence-corrected chi connectivity index (χ4v) is 2.24. The average molecular weight is 294 g/mol. The first-order valence-corrected chi connectivity index (χ1v) is 6.34. The van der Waals surface area contributed by atoms with Crippen LogP contribution in [0.15, 0.2) is 21.0 Å². The summed E-state index contributed by atoms with van der Waals surface area (Å²) in [6.45, 7) is 1.96. The molecule has 3 rings (SSSR count). The maximum absolute atomic E-state index is 5.92. The van der Waals surface area contributed by atoms with Crippen LogP contribution in [0.2, 0.25) is 0 Å². The summed E-state index contributed by atoms with van der Waals surface area (Å²) < 4.78 is 6.60. The fourth-order valence-electron chi connectivity index (χ4n) is 1.76. The van der Waals surface area contributed by atoms with Gasteiger partial charge in [-0.3, -0.25) is 0 Å². The summed E-state index contributed by atoms with van der Waals surface area (Å²) in [6.07, 6.45) is 2.31. The summed E-state index contributed by atoms with van der Waals surface area (Å²) in [5.74, 6) is 1.77. The van der Waals surface area contributed by atoms with Gasteiger partial charge in [-0.05, 0) is 37.5 Å². The van der Waals surface area contributed by atoms with Gasteiger partial charge in [-0.1, -0.05) is 15.9 Å². The maximum Gasteiger partial charge on any atom is 0.248 e. The van der Waals surface area contributed by atoms with E-state index in [1.54, 1.807) is 0 Å². The van der Waals surface area contributed by atoms with Crippen molar-refractivity contribution < 1.29 is 4.42 Å². The van der Waals surface area contributed by atoms with E-state index >= 15 is 0 Å². The molecule has 1 aliphatic carbocycles. The molecule has 1 saturated carbocycles. The monoisotopic (exact) mass is 293 g/mol. The molecule has 17 heavy (non-hydrogen) atoms. The normalized spacial score (nSPS) is 15.2. The van der Waals surface area contributed by atoms with Crippen LogP contribution in [0.3, 0.4) is 0 Å². The number of aromatic nitrogens is 2. The van der Waals surface area contributed by atoms with Gasteiger partial charge in [0.1, 0.15) is 0 Å². The second-order valence-electron chi connectivity index (χ2n) is 4.39. The highest BCUT2D eigenvalue weighted by Crippen LogP contribution is 2.40. The van der Waals surface area contributed by atoms with E-state index in [-0.39, 0.29) is 0 Å². The van der Waals surface area contributed by atoms with Gasteiger partial charge in [0, 0.05) is 21.6 Å². The molecule has 1 fully saturated rings. The lowest BCUT2D eigenvalue weighted by atomic mass is 10.1. The van der Waals surface area contributed by atoms with Crippen LogP contribution in [0.5, 0.6) is 0 Å². The standard InChI is InChI=1S/C12H12BrN3O/c1-6-9(4-8(13)5-10(6)14)12-16-15-11(17-12)7-2-3-7/h4-5,7H,2-3,14H2,1H3. The number of nitrogens with zero attached hydrogens (tertiary/aromatic N) is 2. The third-order valence-electron chi connectivity index (χ3n) is 3.01. The van der Waals surface area contributed by atoms with Gasteiger partial charge >= 0.3 is 0 Å². The van der Waals surface area contributed by atoms with E-state index in [1.165, 1.54) is 0 Å². The van der Waals surface area contributed by atoms with E-state index < -0.39 is 0 Å². The Hall–Kier alpha value is -1.36. The van der Waals surface area contributed by atoms with Crippen LogP contribution in [0.1, 0.15) is 30.2 Å². The van der Waals surface area contributed by atoms with Crippen molar-refractivity contribution in [3.63, 3.8) is 0 Å². The molecule has 4 nitrogen and oxygen atoms in total. The highest BCUT2D eigenvalue weighted by atomic mass is 79.9. The Labute approximate surface area is 107 Å². The number of halogens is 1. The van der Waals surface area contributed by atoms with Crippen molar-refractivity contribution >= 4 is 21.6 Å². The SMILES string of the molecule is Cc1c(N)cc(Br)cc1-c1nnc(C2CC2)o1. The van der Waals surface area contributed by atoms with Crippen LogP contribution in [-0.2, 0) is 0 Å². The van der Waals surface area contributed by atoms with Crippen molar-refractivity contribution in [2.45, 2.75) is 25.7 Å². The highest BCUT2D eigenvalue weighted by Gasteiger charge is 2.29. The summed E-state index contributed by atoms with van der Waals surface area (Å²) in [5, 5.41) is 8.18. The Morgan fingerprint density at radius 1 is 1.35 bits per heavy atom. The average Bonchev–Trinajstić information content (AvgIpc) is 3.02. The zero-order valence-electron chi connectivity index (χ0n) is 9.40. The van der Waals surface area contributed by atoms with Gasteiger partial charge in [0.05, 0.1) is 0 Å². The molecule has 2 N–H and O–H groups in total. The lowest BCUT2D eigenvalue weighted by Gasteiger charge is -2.05. The third-order valence-corrected chi connectivity index (χ3v) is 3.47. The molecule has 0 bridgehead atoms. The fraction of sp³-hybridized carbons (Fsp3) is 0.333. The highest BCUT2D eigenvalue weighted by molar-refractivity contribution is 9.10. The molecular weight excluding hydrogens is 282 g/mol. The number of rotatable bonds is 2. The minimum absolute atomic E-state index is 0.473. The molecule has 0 atom stereocenters. The smallest absolute Gasteiger partial charge is 0.248 e. The first kappa shape index (κ1) is 10.8. The van der Waals surface area contributed by atoms with E-state index in [2.05, 4.69) is 26.1 Å². The molecule has 1 aliphatic rings. The van der Waals surface area contributed by atoms with E-state index in [0.717, 1.165) is 40.0 Å². The van der Waals surface area contributed by atoms with Gasteiger partial charge < -0.3 is 10.2 Å². The topological polar surface area (TPSA) is 64.9 Å². The predicted molar refractivity (Wildman–Crippen MR) is 68.6 cm³/mol. The summed E-state index contributed by atoms with van der Waals surface area (Å²) >= 11 is 3.42. The van der Waals surface area contributed by atoms with Gasteiger partial charge in [-0.15, -0.1) is 10.2 Å². The Kier molecular flexibility index (Phi) is 2.43. The molecule has 1 aromatic carbocycles. The largest absolute Gasteiger partial charge is 0.420 e. The maximum atomic E-state index is 5.92. The molecular formula is C12H12BrN3O. The lowest BCUT2D eigenvalue weighted by Crippen LogP contribution is -1.93. The first-order chi connectivity index (χ1) is 8.15. The van der Waals surface area contributed by atoms with Gasteiger partial charge in [-0.2, -0.15) is 0 Å². The van der Waals surface area contributed by atoms with Gasteiger partial charge in [0.15, 0.2) is 0 Å². The Morgan fingerprint density at radius 3 is 2.82 bits per heavy atom. The zero-order chi connectivity index (χ0) is 12.0.